The Balaban J connectivity index is 1.55. The summed E-state index contributed by atoms with van der Waals surface area (Å²) < 4.78 is 24.8. The first-order valence-electron chi connectivity index (χ1n) is 10.00. The summed E-state index contributed by atoms with van der Waals surface area (Å²) >= 11 is 0. The number of pyridine rings is 1. The molecule has 33 heavy (non-hydrogen) atoms. The normalized spacial score (nSPS) is 11.6. The summed E-state index contributed by atoms with van der Waals surface area (Å²) in [6.45, 7) is 2.84. The van der Waals surface area contributed by atoms with E-state index in [1.807, 2.05) is 0 Å². The second-order valence-electron chi connectivity index (χ2n) is 7.02. The number of ether oxygens (including phenoxy) is 2. The lowest BCUT2D eigenvalue weighted by Gasteiger charge is -2.12. The summed E-state index contributed by atoms with van der Waals surface area (Å²) in [5, 5.41) is 2.59. The standard InChI is InChI=1S/C25H21FN2O5/c1-16(29)19-5-3-6-20(14-19)28-25(31)17(2)32-24(30)11-9-18-8-10-23(22(26)13-18)33-21-7-4-12-27-15-21/h3-15,17H,1-2H3,(H,28,31)/b11-9+. The van der Waals surface area contributed by atoms with Gasteiger partial charge in [-0.2, -0.15) is 0 Å². The van der Waals surface area contributed by atoms with E-state index in [1.165, 1.54) is 44.3 Å². The van der Waals surface area contributed by atoms with Crippen LogP contribution in [0.1, 0.15) is 29.8 Å². The highest BCUT2D eigenvalue weighted by Gasteiger charge is 2.17. The van der Waals surface area contributed by atoms with Gasteiger partial charge in [-0.15, -0.1) is 0 Å². The molecule has 1 atom stereocenters. The molecule has 0 fully saturated rings. The Kier molecular flexibility index (Phi) is 7.64. The van der Waals surface area contributed by atoms with Crippen LogP contribution >= 0.6 is 0 Å². The highest BCUT2D eigenvalue weighted by atomic mass is 19.1. The average molecular weight is 448 g/mol. The number of hydrogen-bond donors (Lipinski definition) is 1. The molecule has 1 N–H and O–H groups in total. The summed E-state index contributed by atoms with van der Waals surface area (Å²) in [6.07, 6.45) is 4.40. The first-order valence-corrected chi connectivity index (χ1v) is 10.00. The predicted octanol–water partition coefficient (Wildman–Crippen LogP) is 4.80. The molecule has 0 spiro atoms. The molecule has 3 aromatic rings. The van der Waals surface area contributed by atoms with E-state index in [1.54, 1.807) is 42.6 Å². The second kappa shape index (κ2) is 10.8. The van der Waals surface area contributed by atoms with E-state index in [2.05, 4.69) is 10.3 Å². The van der Waals surface area contributed by atoms with Crippen LogP contribution in [0.4, 0.5) is 10.1 Å². The number of nitrogens with zero attached hydrogens (tertiary/aromatic N) is 1. The smallest absolute Gasteiger partial charge is 0.331 e. The van der Waals surface area contributed by atoms with Crippen LogP contribution in [0.2, 0.25) is 0 Å². The van der Waals surface area contributed by atoms with E-state index >= 15 is 0 Å². The molecule has 1 aromatic heterocycles. The number of esters is 1. The van der Waals surface area contributed by atoms with Gasteiger partial charge in [0.25, 0.3) is 5.91 Å². The van der Waals surface area contributed by atoms with Crippen molar-refractivity contribution >= 4 is 29.4 Å². The van der Waals surface area contributed by atoms with E-state index in [0.29, 0.717) is 22.6 Å². The Morgan fingerprint density at radius 1 is 1.09 bits per heavy atom. The Hall–Kier alpha value is -4.33. The minimum atomic E-state index is -1.09. The van der Waals surface area contributed by atoms with Gasteiger partial charge in [0.2, 0.25) is 0 Å². The number of rotatable bonds is 8. The first kappa shape index (κ1) is 23.3. The summed E-state index contributed by atoms with van der Waals surface area (Å²) in [4.78, 5) is 39.7. The molecular formula is C25H21FN2O5. The van der Waals surface area contributed by atoms with Crippen molar-refractivity contribution in [3.8, 4) is 11.5 Å². The molecule has 8 heteroatoms. The van der Waals surface area contributed by atoms with Gasteiger partial charge in [-0.25, -0.2) is 9.18 Å². The SMILES string of the molecule is CC(=O)c1cccc(NC(=O)C(C)OC(=O)/C=C/c2ccc(Oc3cccnc3)c(F)c2)c1. The molecule has 1 amide bonds. The topological polar surface area (TPSA) is 94.6 Å². The van der Waals surface area contributed by atoms with Crippen LogP contribution in [0.15, 0.2) is 73.1 Å². The maximum atomic E-state index is 14.3. The van der Waals surface area contributed by atoms with Gasteiger partial charge in [-0.1, -0.05) is 18.2 Å². The summed E-state index contributed by atoms with van der Waals surface area (Å²) in [7, 11) is 0. The largest absolute Gasteiger partial charge is 0.453 e. The molecule has 0 aliphatic carbocycles. The average Bonchev–Trinajstić information content (AvgIpc) is 2.80. The fraction of sp³-hybridized carbons (Fsp3) is 0.120. The lowest BCUT2D eigenvalue weighted by molar-refractivity contribution is -0.148. The Labute approximate surface area is 189 Å². The molecule has 1 unspecified atom stereocenters. The predicted molar refractivity (Wildman–Crippen MR) is 120 cm³/mol. The molecule has 7 nitrogen and oxygen atoms in total. The number of halogens is 1. The first-order chi connectivity index (χ1) is 15.8. The third-order valence-corrected chi connectivity index (χ3v) is 4.43. The zero-order valence-corrected chi connectivity index (χ0v) is 17.9. The molecule has 2 aromatic carbocycles. The number of carbonyl (C=O) groups is 3. The van der Waals surface area contributed by atoms with E-state index in [0.717, 1.165) is 6.08 Å². The van der Waals surface area contributed by atoms with E-state index in [-0.39, 0.29) is 11.5 Å². The molecular weight excluding hydrogens is 427 g/mol. The minimum Gasteiger partial charge on any atom is -0.453 e. The van der Waals surface area contributed by atoms with Gasteiger partial charge in [0, 0.05) is 23.5 Å². The molecule has 0 bridgehead atoms. The molecule has 168 valence electrons. The molecule has 0 radical (unpaired) electrons. The molecule has 3 rings (SSSR count). The lowest BCUT2D eigenvalue weighted by Crippen LogP contribution is -2.29. The number of amides is 1. The Morgan fingerprint density at radius 3 is 2.61 bits per heavy atom. The van der Waals surface area contributed by atoms with Crippen LogP contribution in [0.5, 0.6) is 11.5 Å². The van der Waals surface area contributed by atoms with Crippen molar-refractivity contribution in [2.24, 2.45) is 0 Å². The third-order valence-electron chi connectivity index (χ3n) is 4.43. The monoisotopic (exact) mass is 448 g/mol. The minimum absolute atomic E-state index is 0.0156. The summed E-state index contributed by atoms with van der Waals surface area (Å²) in [5.74, 6) is -1.67. The highest BCUT2D eigenvalue weighted by molar-refractivity contribution is 5.99. The van der Waals surface area contributed by atoms with Gasteiger partial charge < -0.3 is 14.8 Å². The molecule has 0 saturated heterocycles. The van der Waals surface area contributed by atoms with Crippen LogP contribution in [-0.4, -0.2) is 28.7 Å². The van der Waals surface area contributed by atoms with Gasteiger partial charge in [0.1, 0.15) is 5.75 Å². The van der Waals surface area contributed by atoms with Gasteiger partial charge >= 0.3 is 5.97 Å². The number of nitrogens with one attached hydrogen (secondary N) is 1. The Morgan fingerprint density at radius 2 is 1.91 bits per heavy atom. The van der Waals surface area contributed by atoms with Crippen molar-refractivity contribution in [2.45, 2.75) is 20.0 Å². The van der Waals surface area contributed by atoms with Crippen LogP contribution < -0.4 is 10.1 Å². The summed E-state index contributed by atoms with van der Waals surface area (Å²) in [6, 6.07) is 13.9. The second-order valence-corrected chi connectivity index (χ2v) is 7.02. The number of aromatic nitrogens is 1. The van der Waals surface area contributed by atoms with Crippen molar-refractivity contribution in [2.75, 3.05) is 5.32 Å². The number of benzene rings is 2. The summed E-state index contributed by atoms with van der Waals surface area (Å²) in [5.41, 5.74) is 1.26. The van der Waals surface area contributed by atoms with E-state index in [9.17, 15) is 18.8 Å². The molecule has 0 saturated carbocycles. The van der Waals surface area contributed by atoms with Crippen LogP contribution in [0, 0.1) is 5.82 Å². The maximum absolute atomic E-state index is 14.3. The van der Waals surface area contributed by atoms with Crippen molar-refractivity contribution in [3.05, 3.63) is 90.0 Å². The van der Waals surface area contributed by atoms with E-state index < -0.39 is 23.8 Å². The van der Waals surface area contributed by atoms with Crippen LogP contribution in [0.3, 0.4) is 0 Å². The number of carbonyl (C=O) groups excluding carboxylic acids is 3. The zero-order valence-electron chi connectivity index (χ0n) is 17.9. The Bertz CT molecular complexity index is 1190. The maximum Gasteiger partial charge on any atom is 0.331 e. The number of ketones is 1. The molecule has 0 aliphatic heterocycles. The fourth-order valence-corrected chi connectivity index (χ4v) is 2.73. The van der Waals surface area contributed by atoms with Crippen molar-refractivity contribution in [3.63, 3.8) is 0 Å². The van der Waals surface area contributed by atoms with Crippen LogP contribution in [0.25, 0.3) is 6.08 Å². The highest BCUT2D eigenvalue weighted by Crippen LogP contribution is 2.24. The number of Topliss-reactive ketones (excluding diaryl/α,β-unsaturated/α-hetero) is 1. The van der Waals surface area contributed by atoms with Crippen molar-refractivity contribution in [1.29, 1.82) is 0 Å². The van der Waals surface area contributed by atoms with Crippen molar-refractivity contribution < 1.29 is 28.2 Å². The number of hydrogen-bond acceptors (Lipinski definition) is 6. The molecule has 1 heterocycles. The van der Waals surface area contributed by atoms with Gasteiger partial charge in [-0.3, -0.25) is 14.6 Å². The zero-order chi connectivity index (χ0) is 23.8. The van der Waals surface area contributed by atoms with Gasteiger partial charge in [-0.05, 0) is 61.9 Å². The van der Waals surface area contributed by atoms with Crippen molar-refractivity contribution in [1.82, 2.24) is 4.98 Å². The third kappa shape index (κ3) is 6.83. The van der Waals surface area contributed by atoms with E-state index in [4.69, 9.17) is 9.47 Å². The van der Waals surface area contributed by atoms with Gasteiger partial charge in [0.05, 0.1) is 6.20 Å². The van der Waals surface area contributed by atoms with Gasteiger partial charge in [0.15, 0.2) is 23.5 Å². The molecule has 0 aliphatic rings. The number of anilines is 1. The quantitative estimate of drug-likeness (QED) is 0.302. The van der Waals surface area contributed by atoms with Crippen LogP contribution in [-0.2, 0) is 14.3 Å². The fourth-order valence-electron chi connectivity index (χ4n) is 2.73. The lowest BCUT2D eigenvalue weighted by atomic mass is 10.1.